The van der Waals surface area contributed by atoms with Crippen LogP contribution in [0.4, 0.5) is 17.6 Å². The number of ether oxygens (including phenoxy) is 1. The fourth-order valence-corrected chi connectivity index (χ4v) is 21.9. The van der Waals surface area contributed by atoms with Crippen LogP contribution in [-0.2, 0) is 27.5 Å². The van der Waals surface area contributed by atoms with Crippen molar-refractivity contribution < 1.29 is 29.7 Å². The van der Waals surface area contributed by atoms with Crippen LogP contribution in [0, 0.1) is 6.92 Å². The van der Waals surface area contributed by atoms with Crippen LogP contribution in [0.3, 0.4) is 0 Å². The number of aryl methyl sites for hydroxylation is 2. The van der Waals surface area contributed by atoms with E-state index in [-0.39, 0.29) is 42.3 Å². The molecule has 4 aromatic heterocycles. The monoisotopic (exact) mass is 943 g/mol. The number of aromatic nitrogens is 7. The molecule has 1 aliphatic heterocycles. The van der Waals surface area contributed by atoms with E-state index < -0.39 is 0 Å². The smallest absolute Gasteiger partial charge is 0.231 e. The molecule has 0 aliphatic carbocycles. The molecule has 0 spiro atoms. The van der Waals surface area contributed by atoms with Crippen molar-refractivity contribution >= 4 is 33.4 Å². The van der Waals surface area contributed by atoms with Gasteiger partial charge in [-0.25, -0.2) is 4.98 Å². The van der Waals surface area contributed by atoms with E-state index in [1.807, 2.05) is 30.8 Å². The van der Waals surface area contributed by atoms with Crippen LogP contribution in [0.1, 0.15) is 155 Å². The third-order valence-corrected chi connectivity index (χ3v) is 17.4. The van der Waals surface area contributed by atoms with Crippen molar-refractivity contribution in [3.05, 3.63) is 48.5 Å². The summed E-state index contributed by atoms with van der Waals surface area (Å²) in [5.74, 6) is 3.06. The van der Waals surface area contributed by atoms with Crippen molar-refractivity contribution in [1.82, 2.24) is 34.6 Å². The van der Waals surface area contributed by atoms with Crippen molar-refractivity contribution in [2.75, 3.05) is 23.9 Å². The summed E-state index contributed by atoms with van der Waals surface area (Å²) < 4.78 is 13.0. The van der Waals surface area contributed by atoms with Gasteiger partial charge in [0.05, 0.1) is 25.2 Å². The quantitative estimate of drug-likeness (QED) is 0.148. The number of anilines is 3. The van der Waals surface area contributed by atoms with Gasteiger partial charge in [-0.15, -0.1) is 0 Å². The second-order valence-corrected chi connectivity index (χ2v) is 30.7. The van der Waals surface area contributed by atoms with Crippen LogP contribution in [0.25, 0.3) is 11.4 Å². The average molecular weight is 945 g/mol. The Morgan fingerprint density at radius 2 is 1.22 bits per heavy atom. The Balaban J connectivity index is 0.000000371. The molecular weight excluding hydrogens is 867 g/mol. The third-order valence-electron chi connectivity index (χ3n) is 9.38. The topological polar surface area (TPSA) is 120 Å². The number of methoxy groups -OCH3 is 1. The molecule has 1 saturated heterocycles. The largest absolute Gasteiger partial charge is 0.481 e. The molecule has 0 radical (unpaired) electrons. The van der Waals surface area contributed by atoms with Crippen LogP contribution in [0.2, 0.25) is 0 Å². The van der Waals surface area contributed by atoms with Crippen molar-refractivity contribution in [2.45, 2.75) is 181 Å². The van der Waals surface area contributed by atoms with Crippen molar-refractivity contribution in [3.8, 4) is 17.3 Å². The molecule has 4 aromatic rings. The van der Waals surface area contributed by atoms with Gasteiger partial charge in [0.25, 0.3) is 0 Å². The second kappa shape index (κ2) is 20.1. The van der Waals surface area contributed by atoms with E-state index >= 15 is 0 Å². The zero-order valence-electron chi connectivity index (χ0n) is 40.3. The van der Waals surface area contributed by atoms with Gasteiger partial charge in [-0.05, 0) is 50.7 Å². The first-order valence-corrected chi connectivity index (χ1v) is 23.3. The summed E-state index contributed by atoms with van der Waals surface area (Å²) >= 11 is 0. The Kier molecular flexibility index (Phi) is 18.0. The van der Waals surface area contributed by atoms with Gasteiger partial charge < -0.3 is 24.0 Å². The Morgan fingerprint density at radius 3 is 1.64 bits per heavy atom. The van der Waals surface area contributed by atoms with E-state index in [0.717, 1.165) is 30.8 Å². The first kappa shape index (κ1) is 52.6. The fourth-order valence-electron chi connectivity index (χ4n) is 9.87. The fraction of sp³-hybridized carbons (Fsp3) is 0.689. The third kappa shape index (κ3) is 15.1. The summed E-state index contributed by atoms with van der Waals surface area (Å²) in [7, 11) is 3.53. The zero-order chi connectivity index (χ0) is 44.2. The van der Waals surface area contributed by atoms with Gasteiger partial charge in [-0.2, -0.15) is 9.97 Å². The van der Waals surface area contributed by atoms with E-state index in [4.69, 9.17) is 14.2 Å². The predicted molar refractivity (Wildman–Crippen MR) is 249 cm³/mol. The average Bonchev–Trinajstić information content (AvgIpc) is 3.78. The molecular formula is C45H77N9O2P2Pd. The maximum absolute atomic E-state index is 5.72. The minimum absolute atomic E-state index is 0. The number of nitrogens with zero attached hydrogens (tertiary/aromatic N) is 8. The van der Waals surface area contributed by atoms with Crippen LogP contribution in [0.5, 0.6) is 5.88 Å². The first-order chi connectivity index (χ1) is 26.3. The molecule has 0 bridgehead atoms. The van der Waals surface area contributed by atoms with Gasteiger partial charge in [0, 0.05) is 64.7 Å². The molecule has 334 valence electrons. The second-order valence-electron chi connectivity index (χ2n) is 21.3. The van der Waals surface area contributed by atoms with Crippen molar-refractivity contribution in [2.24, 2.45) is 7.05 Å². The Labute approximate surface area is 374 Å². The molecule has 1 atom stereocenters. The molecule has 14 heteroatoms. The summed E-state index contributed by atoms with van der Waals surface area (Å²) in [6.45, 7) is 45.6. The van der Waals surface area contributed by atoms with Gasteiger partial charge in [-0.1, -0.05) is 146 Å². The Morgan fingerprint density at radius 1 is 0.712 bits per heavy atom. The molecule has 0 unspecified atom stereocenters. The number of imidazole rings is 1. The van der Waals surface area contributed by atoms with E-state index in [2.05, 4.69) is 160 Å². The summed E-state index contributed by atoms with van der Waals surface area (Å²) in [5, 5.41) is 10.1. The number of hydrogen-bond donors (Lipinski definition) is 1. The number of rotatable bonds is 6. The van der Waals surface area contributed by atoms with Gasteiger partial charge in [-0.3, -0.25) is 9.97 Å². The maximum Gasteiger partial charge on any atom is 0.231 e. The van der Waals surface area contributed by atoms with E-state index in [0.29, 0.717) is 65.8 Å². The van der Waals surface area contributed by atoms with Crippen LogP contribution in [0.15, 0.2) is 41.6 Å². The molecule has 0 amide bonds. The molecule has 5 heterocycles. The van der Waals surface area contributed by atoms with Gasteiger partial charge in [0.2, 0.25) is 11.8 Å². The molecule has 59 heavy (non-hydrogen) atoms. The van der Waals surface area contributed by atoms with Gasteiger partial charge >= 0.3 is 0 Å². The van der Waals surface area contributed by atoms with Crippen LogP contribution >= 0.6 is 15.8 Å². The predicted octanol–water partition coefficient (Wildman–Crippen LogP) is 12.8. The van der Waals surface area contributed by atoms with Crippen molar-refractivity contribution in [3.63, 3.8) is 0 Å². The maximum atomic E-state index is 5.72. The van der Waals surface area contributed by atoms with E-state index in [9.17, 15) is 0 Å². The minimum Gasteiger partial charge on any atom is -0.481 e. The number of hydrogen-bond acceptors (Lipinski definition) is 10. The van der Waals surface area contributed by atoms with Gasteiger partial charge in [0.15, 0.2) is 5.76 Å². The Bertz CT molecular complexity index is 1800. The molecule has 1 aliphatic rings. The van der Waals surface area contributed by atoms with Gasteiger partial charge in [0.1, 0.15) is 23.0 Å². The molecule has 1 fully saturated rings. The molecule has 5 rings (SSSR count). The molecule has 11 nitrogen and oxygen atoms in total. The Hall–Kier alpha value is -2.50. The van der Waals surface area contributed by atoms with E-state index in [1.54, 1.807) is 31.9 Å². The first-order valence-electron chi connectivity index (χ1n) is 20.6. The standard InChI is InChI=1S/C21H23N9O2.2C12H27P.Pd/c1-13-20(23-7-6-22-13)14-9-16(32-28-14)15-5-4-8-30(15)21-26-17(10-19(27-21)31-3)25-18-11-29(2)12-24-18;2*1-10(2,3)13(11(4,5)6)12(7,8)9;/h6-7,9-12,15H,4-5,8H2,1-3H3,(H,25,26,27);2*1-9H3;/t15-;;;/m0.../s1. The number of nitrogens with one attached hydrogen (secondary N) is 1. The summed E-state index contributed by atoms with van der Waals surface area (Å²) in [6.07, 6.45) is 8.79. The minimum atomic E-state index is -0.0389. The van der Waals surface area contributed by atoms with Crippen LogP contribution in [-0.4, -0.2) is 79.2 Å². The SMILES string of the molecule is CC(C)(C)P(C(C)(C)C)C(C)(C)C.CC(C)(C)P(C(C)(C)C)C(C)(C)C.COc1cc(Nc2cn(C)cn2)nc(N2CCC[C@H]2c2cc(-c3nccnc3C)no2)n1.[Pd]. The van der Waals surface area contributed by atoms with Crippen LogP contribution < -0.4 is 15.0 Å². The summed E-state index contributed by atoms with van der Waals surface area (Å²) in [5.41, 5.74) is 2.19. The normalized spacial score (nSPS) is 15.3. The molecule has 1 N–H and O–H groups in total. The van der Waals surface area contributed by atoms with E-state index in [1.165, 1.54) is 0 Å². The molecule has 0 aromatic carbocycles. The molecule has 0 saturated carbocycles. The zero-order valence-corrected chi connectivity index (χ0v) is 43.6. The summed E-state index contributed by atoms with van der Waals surface area (Å²) in [6, 6.07) is 3.63. The summed E-state index contributed by atoms with van der Waals surface area (Å²) in [4.78, 5) is 24.4. The van der Waals surface area contributed by atoms with Crippen molar-refractivity contribution in [1.29, 1.82) is 0 Å².